The van der Waals surface area contributed by atoms with Crippen molar-refractivity contribution in [1.29, 1.82) is 0 Å². The number of pyridine rings is 1. The Morgan fingerprint density at radius 2 is 1.86 bits per heavy atom. The van der Waals surface area contributed by atoms with E-state index in [1.165, 1.54) is 43.5 Å². The second-order valence-corrected chi connectivity index (χ2v) is 7.66. The minimum Gasteiger partial charge on any atom is -0.453 e. The fraction of sp³-hybridized carbons (Fsp3) is 0.120. The Kier molecular flexibility index (Phi) is 6.82. The summed E-state index contributed by atoms with van der Waals surface area (Å²) < 4.78 is 61.2. The number of alkyl halides is 3. The number of aryl methyl sites for hydroxylation is 1. The average molecular weight is 498 g/mol. The van der Waals surface area contributed by atoms with Gasteiger partial charge in [0.1, 0.15) is 5.75 Å². The third kappa shape index (κ3) is 5.40. The van der Waals surface area contributed by atoms with Crippen LogP contribution >= 0.6 is 0 Å². The van der Waals surface area contributed by atoms with Crippen LogP contribution in [0.1, 0.15) is 27.3 Å². The average Bonchev–Trinajstić information content (AvgIpc) is 2.84. The SMILES string of the molecule is Cc1cc(=O)c(C(=O)NCc2ccc(Oc3cccnc3)c(F)c2)nn1-c1ccccc1C(F)(F)F. The van der Waals surface area contributed by atoms with E-state index < -0.39 is 34.6 Å². The van der Waals surface area contributed by atoms with E-state index in [-0.39, 0.29) is 23.7 Å². The number of nitrogens with one attached hydrogen (secondary N) is 1. The van der Waals surface area contributed by atoms with Gasteiger partial charge in [-0.1, -0.05) is 18.2 Å². The molecule has 184 valence electrons. The van der Waals surface area contributed by atoms with Crippen LogP contribution in [0.2, 0.25) is 0 Å². The Morgan fingerprint density at radius 3 is 2.56 bits per heavy atom. The molecule has 1 N–H and O–H groups in total. The Bertz CT molecular complexity index is 1470. The summed E-state index contributed by atoms with van der Waals surface area (Å²) in [5.74, 6) is -1.32. The number of aromatic nitrogens is 3. The normalized spacial score (nSPS) is 11.2. The number of carbonyl (C=O) groups excluding carboxylic acids is 1. The molecular weight excluding hydrogens is 480 g/mol. The molecule has 0 saturated heterocycles. The molecule has 4 rings (SSSR count). The van der Waals surface area contributed by atoms with Gasteiger partial charge in [0.05, 0.1) is 17.4 Å². The van der Waals surface area contributed by atoms with E-state index >= 15 is 0 Å². The topological polar surface area (TPSA) is 86.1 Å². The number of para-hydroxylation sites is 1. The zero-order valence-corrected chi connectivity index (χ0v) is 18.7. The van der Waals surface area contributed by atoms with Crippen LogP contribution < -0.4 is 15.5 Å². The first-order chi connectivity index (χ1) is 17.1. The van der Waals surface area contributed by atoms with Crippen LogP contribution in [0.25, 0.3) is 5.69 Å². The number of carbonyl (C=O) groups is 1. The summed E-state index contributed by atoms with van der Waals surface area (Å²) >= 11 is 0. The number of halogens is 4. The quantitative estimate of drug-likeness (QED) is 0.386. The van der Waals surface area contributed by atoms with E-state index in [1.54, 1.807) is 18.3 Å². The molecule has 0 unspecified atom stereocenters. The second kappa shape index (κ2) is 9.98. The van der Waals surface area contributed by atoms with E-state index in [2.05, 4.69) is 15.4 Å². The molecule has 0 saturated carbocycles. The van der Waals surface area contributed by atoms with Gasteiger partial charge in [-0.25, -0.2) is 9.07 Å². The predicted octanol–water partition coefficient (Wildman–Crippen LogP) is 4.82. The summed E-state index contributed by atoms with van der Waals surface area (Å²) in [5, 5.41) is 6.34. The zero-order chi connectivity index (χ0) is 25.9. The van der Waals surface area contributed by atoms with Crippen LogP contribution in [0.4, 0.5) is 17.6 Å². The van der Waals surface area contributed by atoms with Gasteiger partial charge in [0.2, 0.25) is 5.43 Å². The van der Waals surface area contributed by atoms with E-state index in [4.69, 9.17) is 4.74 Å². The van der Waals surface area contributed by atoms with Crippen molar-refractivity contribution in [3.63, 3.8) is 0 Å². The summed E-state index contributed by atoms with van der Waals surface area (Å²) in [7, 11) is 0. The largest absolute Gasteiger partial charge is 0.453 e. The Labute approximate surface area is 202 Å². The van der Waals surface area contributed by atoms with Gasteiger partial charge in [-0.2, -0.15) is 18.3 Å². The standard InChI is InChI=1S/C25H18F4N4O3/c1-15-11-21(34)23(32-33(15)20-7-3-2-6-18(20)25(27,28)29)24(35)31-13-16-8-9-22(19(26)12-16)36-17-5-4-10-30-14-17/h2-12,14H,13H2,1H3,(H,31,35). The van der Waals surface area contributed by atoms with Gasteiger partial charge >= 0.3 is 6.18 Å². The van der Waals surface area contributed by atoms with Crippen LogP contribution in [-0.4, -0.2) is 20.7 Å². The van der Waals surface area contributed by atoms with E-state index in [1.807, 2.05) is 0 Å². The molecule has 11 heteroatoms. The van der Waals surface area contributed by atoms with Crippen molar-refractivity contribution in [3.8, 4) is 17.2 Å². The lowest BCUT2D eigenvalue weighted by molar-refractivity contribution is -0.137. The number of hydrogen-bond donors (Lipinski definition) is 1. The number of hydrogen-bond acceptors (Lipinski definition) is 5. The number of rotatable bonds is 6. The van der Waals surface area contributed by atoms with Gasteiger partial charge in [0, 0.05) is 24.5 Å². The fourth-order valence-corrected chi connectivity index (χ4v) is 3.38. The van der Waals surface area contributed by atoms with Crippen LogP contribution in [0.5, 0.6) is 11.5 Å². The highest BCUT2D eigenvalue weighted by atomic mass is 19.4. The van der Waals surface area contributed by atoms with Crippen LogP contribution in [0.15, 0.2) is 77.9 Å². The molecule has 7 nitrogen and oxygen atoms in total. The Balaban J connectivity index is 1.54. The van der Waals surface area contributed by atoms with Gasteiger partial charge in [0.25, 0.3) is 5.91 Å². The highest BCUT2D eigenvalue weighted by molar-refractivity contribution is 5.92. The molecule has 0 fully saturated rings. The summed E-state index contributed by atoms with van der Waals surface area (Å²) in [6.07, 6.45) is -1.71. The third-order valence-electron chi connectivity index (χ3n) is 5.07. The van der Waals surface area contributed by atoms with Crippen LogP contribution in [0, 0.1) is 12.7 Å². The molecule has 0 aliphatic heterocycles. The highest BCUT2D eigenvalue weighted by Gasteiger charge is 2.34. The number of amides is 1. The smallest absolute Gasteiger partial charge is 0.418 e. The van der Waals surface area contributed by atoms with E-state index in [0.717, 1.165) is 22.9 Å². The van der Waals surface area contributed by atoms with Crippen molar-refractivity contribution < 1.29 is 27.1 Å². The zero-order valence-electron chi connectivity index (χ0n) is 18.7. The summed E-state index contributed by atoms with van der Waals surface area (Å²) in [6.45, 7) is 1.23. The molecule has 0 radical (unpaired) electrons. The van der Waals surface area contributed by atoms with Gasteiger partial charge in [-0.05, 0) is 48.9 Å². The maximum Gasteiger partial charge on any atom is 0.418 e. The van der Waals surface area contributed by atoms with E-state index in [0.29, 0.717) is 11.3 Å². The minimum atomic E-state index is -4.67. The molecule has 2 heterocycles. The lowest BCUT2D eigenvalue weighted by atomic mass is 10.1. The monoisotopic (exact) mass is 498 g/mol. The number of nitrogens with zero attached hydrogens (tertiary/aromatic N) is 3. The van der Waals surface area contributed by atoms with Crippen molar-refractivity contribution in [3.05, 3.63) is 112 Å². The highest BCUT2D eigenvalue weighted by Crippen LogP contribution is 2.33. The molecule has 4 aromatic rings. The third-order valence-corrected chi connectivity index (χ3v) is 5.07. The van der Waals surface area contributed by atoms with Crippen molar-refractivity contribution in [2.75, 3.05) is 0 Å². The lowest BCUT2D eigenvalue weighted by Crippen LogP contribution is -2.32. The molecule has 2 aromatic heterocycles. The second-order valence-electron chi connectivity index (χ2n) is 7.66. The summed E-state index contributed by atoms with van der Waals surface area (Å²) in [5.41, 5.74) is -2.21. The number of ether oxygens (including phenoxy) is 1. The molecule has 1 amide bonds. The molecule has 0 bridgehead atoms. The predicted molar refractivity (Wildman–Crippen MR) is 121 cm³/mol. The Hall–Kier alpha value is -4.54. The molecule has 36 heavy (non-hydrogen) atoms. The fourth-order valence-electron chi connectivity index (χ4n) is 3.38. The molecule has 2 aromatic carbocycles. The molecule has 0 atom stereocenters. The molecule has 0 aliphatic rings. The molecular formula is C25H18F4N4O3. The summed E-state index contributed by atoms with van der Waals surface area (Å²) in [4.78, 5) is 28.9. The number of benzene rings is 2. The van der Waals surface area contributed by atoms with Gasteiger partial charge in [-0.15, -0.1) is 0 Å². The van der Waals surface area contributed by atoms with Gasteiger partial charge in [-0.3, -0.25) is 14.6 Å². The van der Waals surface area contributed by atoms with Crippen molar-refractivity contribution in [2.24, 2.45) is 0 Å². The van der Waals surface area contributed by atoms with E-state index in [9.17, 15) is 27.2 Å². The maximum atomic E-state index is 14.5. The maximum absolute atomic E-state index is 14.5. The first-order valence-electron chi connectivity index (χ1n) is 10.6. The van der Waals surface area contributed by atoms with Crippen molar-refractivity contribution in [1.82, 2.24) is 20.1 Å². The first-order valence-corrected chi connectivity index (χ1v) is 10.6. The first kappa shape index (κ1) is 24.6. The minimum absolute atomic E-state index is 0.0514. The molecule has 0 spiro atoms. The van der Waals surface area contributed by atoms with Crippen molar-refractivity contribution >= 4 is 5.91 Å². The Morgan fingerprint density at radius 1 is 1.08 bits per heavy atom. The van der Waals surface area contributed by atoms with Gasteiger partial charge in [0.15, 0.2) is 17.3 Å². The summed E-state index contributed by atoms with van der Waals surface area (Å²) in [6, 6.07) is 13.0. The van der Waals surface area contributed by atoms with Crippen LogP contribution in [-0.2, 0) is 12.7 Å². The van der Waals surface area contributed by atoms with Crippen LogP contribution in [0.3, 0.4) is 0 Å². The lowest BCUT2D eigenvalue weighted by Gasteiger charge is -2.16. The van der Waals surface area contributed by atoms with Crippen molar-refractivity contribution in [2.45, 2.75) is 19.6 Å². The van der Waals surface area contributed by atoms with Gasteiger partial charge < -0.3 is 10.1 Å². The molecule has 0 aliphatic carbocycles.